The van der Waals surface area contributed by atoms with Crippen molar-refractivity contribution in [1.29, 1.82) is 0 Å². The molecule has 0 saturated heterocycles. The standard InChI is InChI=1S/C14H15N5S2/c1-20-14(5-6-14)9-15-11-2-3-12-16-17-13(19(12)18-11)10-4-7-21-8-10/h2-4,7-8H,5-6,9H2,1H3,(H,15,18). The molecule has 0 aliphatic heterocycles. The zero-order chi connectivity index (χ0) is 14.3. The molecule has 0 amide bonds. The van der Waals surface area contributed by atoms with Gasteiger partial charge in [0.2, 0.25) is 0 Å². The van der Waals surface area contributed by atoms with E-state index in [0.29, 0.717) is 4.75 Å². The van der Waals surface area contributed by atoms with E-state index >= 15 is 0 Å². The van der Waals surface area contributed by atoms with Gasteiger partial charge in [0.15, 0.2) is 11.5 Å². The van der Waals surface area contributed by atoms with Crippen LogP contribution >= 0.6 is 23.1 Å². The summed E-state index contributed by atoms with van der Waals surface area (Å²) in [7, 11) is 0. The Labute approximate surface area is 130 Å². The summed E-state index contributed by atoms with van der Waals surface area (Å²) >= 11 is 3.59. The van der Waals surface area contributed by atoms with E-state index in [2.05, 4.69) is 32.2 Å². The van der Waals surface area contributed by atoms with Crippen LogP contribution in [0.5, 0.6) is 0 Å². The first-order chi connectivity index (χ1) is 10.3. The van der Waals surface area contributed by atoms with E-state index in [-0.39, 0.29) is 0 Å². The van der Waals surface area contributed by atoms with Crippen LogP contribution in [0.2, 0.25) is 0 Å². The largest absolute Gasteiger partial charge is 0.367 e. The van der Waals surface area contributed by atoms with Crippen molar-refractivity contribution in [2.24, 2.45) is 0 Å². The Balaban J connectivity index is 1.64. The molecule has 0 aromatic carbocycles. The Morgan fingerprint density at radius 1 is 1.33 bits per heavy atom. The van der Waals surface area contributed by atoms with Gasteiger partial charge >= 0.3 is 0 Å². The lowest BCUT2D eigenvalue weighted by Gasteiger charge is -2.13. The first kappa shape index (κ1) is 13.1. The summed E-state index contributed by atoms with van der Waals surface area (Å²) in [6.07, 6.45) is 4.76. The molecule has 0 atom stereocenters. The summed E-state index contributed by atoms with van der Waals surface area (Å²) in [6, 6.07) is 5.96. The highest BCUT2D eigenvalue weighted by molar-refractivity contribution is 8.00. The molecule has 1 aliphatic carbocycles. The molecule has 0 unspecified atom stereocenters. The fourth-order valence-corrected chi connectivity index (χ4v) is 3.66. The summed E-state index contributed by atoms with van der Waals surface area (Å²) in [5, 5.41) is 20.6. The van der Waals surface area contributed by atoms with E-state index in [1.165, 1.54) is 12.8 Å². The Kier molecular flexibility index (Phi) is 3.11. The van der Waals surface area contributed by atoms with Crippen LogP contribution in [0, 0.1) is 0 Å². The Bertz CT molecular complexity index is 761. The summed E-state index contributed by atoms with van der Waals surface area (Å²) in [4.78, 5) is 0. The SMILES string of the molecule is CSC1(CNc2ccc3nnc(-c4ccsc4)n3n2)CC1. The second-order valence-electron chi connectivity index (χ2n) is 5.26. The van der Waals surface area contributed by atoms with Crippen LogP contribution in [0.15, 0.2) is 29.0 Å². The first-order valence-electron chi connectivity index (χ1n) is 6.84. The molecule has 108 valence electrons. The van der Waals surface area contributed by atoms with Gasteiger partial charge in [0.1, 0.15) is 5.82 Å². The number of anilines is 1. The number of fused-ring (bicyclic) bond motifs is 1. The zero-order valence-corrected chi connectivity index (χ0v) is 13.2. The van der Waals surface area contributed by atoms with E-state index in [1.807, 2.05) is 39.9 Å². The molecular formula is C14H15N5S2. The molecule has 1 fully saturated rings. The van der Waals surface area contributed by atoms with E-state index in [0.717, 1.165) is 29.4 Å². The lowest BCUT2D eigenvalue weighted by molar-refractivity contribution is 0.895. The molecule has 0 bridgehead atoms. The molecule has 1 N–H and O–H groups in total. The summed E-state index contributed by atoms with van der Waals surface area (Å²) in [5.41, 5.74) is 1.83. The van der Waals surface area contributed by atoms with Gasteiger partial charge in [-0.2, -0.15) is 27.6 Å². The van der Waals surface area contributed by atoms with Crippen molar-refractivity contribution in [2.75, 3.05) is 18.1 Å². The predicted octanol–water partition coefficient (Wildman–Crippen LogP) is 3.16. The molecule has 0 radical (unpaired) electrons. The van der Waals surface area contributed by atoms with E-state index in [4.69, 9.17) is 0 Å². The molecule has 1 saturated carbocycles. The average Bonchev–Trinajstić information content (AvgIpc) is 2.92. The highest BCUT2D eigenvalue weighted by Crippen LogP contribution is 2.46. The molecule has 4 rings (SSSR count). The molecule has 1 aliphatic rings. The van der Waals surface area contributed by atoms with Gasteiger partial charge in [-0.1, -0.05) is 0 Å². The van der Waals surface area contributed by atoms with Crippen LogP contribution in [0.25, 0.3) is 17.0 Å². The first-order valence-corrected chi connectivity index (χ1v) is 9.00. The van der Waals surface area contributed by atoms with Crippen LogP contribution in [0.4, 0.5) is 5.82 Å². The van der Waals surface area contributed by atoms with Crippen LogP contribution in [-0.2, 0) is 0 Å². The second-order valence-corrected chi connectivity index (χ2v) is 7.32. The van der Waals surface area contributed by atoms with Gasteiger partial charge in [0, 0.05) is 22.2 Å². The Morgan fingerprint density at radius 3 is 2.95 bits per heavy atom. The van der Waals surface area contributed by atoms with Crippen LogP contribution in [0.3, 0.4) is 0 Å². The topological polar surface area (TPSA) is 55.1 Å². The number of hydrogen-bond donors (Lipinski definition) is 1. The molecule has 5 nitrogen and oxygen atoms in total. The molecule has 21 heavy (non-hydrogen) atoms. The fourth-order valence-electron chi connectivity index (χ4n) is 2.30. The highest BCUT2D eigenvalue weighted by Gasteiger charge is 2.41. The molecule has 7 heteroatoms. The third kappa shape index (κ3) is 2.40. The van der Waals surface area contributed by atoms with Crippen molar-refractivity contribution in [2.45, 2.75) is 17.6 Å². The smallest absolute Gasteiger partial charge is 0.186 e. The number of hydrogen-bond acceptors (Lipinski definition) is 6. The number of nitrogens with zero attached hydrogens (tertiary/aromatic N) is 4. The highest BCUT2D eigenvalue weighted by atomic mass is 32.2. The molecule has 3 aromatic heterocycles. The van der Waals surface area contributed by atoms with Crippen molar-refractivity contribution in [3.05, 3.63) is 29.0 Å². The Hall–Kier alpha value is -1.60. The van der Waals surface area contributed by atoms with Crippen molar-refractivity contribution < 1.29 is 0 Å². The molecular weight excluding hydrogens is 302 g/mol. The van der Waals surface area contributed by atoms with E-state index < -0.39 is 0 Å². The normalized spacial score (nSPS) is 16.2. The lowest BCUT2D eigenvalue weighted by atomic mass is 10.3. The van der Waals surface area contributed by atoms with Gasteiger partial charge in [0.05, 0.1) is 0 Å². The van der Waals surface area contributed by atoms with Crippen LogP contribution < -0.4 is 5.32 Å². The molecule has 3 heterocycles. The van der Waals surface area contributed by atoms with Crippen molar-refractivity contribution in [3.63, 3.8) is 0 Å². The summed E-state index contributed by atoms with van der Waals surface area (Å²) in [6.45, 7) is 0.961. The summed E-state index contributed by atoms with van der Waals surface area (Å²) < 4.78 is 2.23. The van der Waals surface area contributed by atoms with Crippen LogP contribution in [0.1, 0.15) is 12.8 Å². The van der Waals surface area contributed by atoms with Crippen molar-refractivity contribution >= 4 is 34.6 Å². The van der Waals surface area contributed by atoms with Gasteiger partial charge in [-0.05, 0) is 42.7 Å². The maximum atomic E-state index is 4.63. The fraction of sp³-hybridized carbons (Fsp3) is 0.357. The van der Waals surface area contributed by atoms with Gasteiger partial charge in [-0.15, -0.1) is 15.3 Å². The third-order valence-corrected chi connectivity index (χ3v) is 5.98. The minimum atomic E-state index is 0.417. The maximum absolute atomic E-state index is 4.63. The quantitative estimate of drug-likeness (QED) is 0.783. The van der Waals surface area contributed by atoms with Gasteiger partial charge < -0.3 is 5.32 Å². The number of aromatic nitrogens is 4. The van der Waals surface area contributed by atoms with Crippen LogP contribution in [-0.4, -0.2) is 37.4 Å². The lowest BCUT2D eigenvalue weighted by Crippen LogP contribution is -2.18. The van der Waals surface area contributed by atoms with Gasteiger partial charge in [0.25, 0.3) is 0 Å². The van der Waals surface area contributed by atoms with Gasteiger partial charge in [-0.25, -0.2) is 0 Å². The van der Waals surface area contributed by atoms with Crippen molar-refractivity contribution in [1.82, 2.24) is 19.8 Å². The van der Waals surface area contributed by atoms with Crippen molar-refractivity contribution in [3.8, 4) is 11.4 Å². The van der Waals surface area contributed by atoms with E-state index in [9.17, 15) is 0 Å². The number of rotatable bonds is 5. The summed E-state index contributed by atoms with van der Waals surface area (Å²) in [5.74, 6) is 1.67. The number of thiophene rings is 1. The van der Waals surface area contributed by atoms with E-state index in [1.54, 1.807) is 11.3 Å². The third-order valence-electron chi connectivity index (χ3n) is 3.87. The maximum Gasteiger partial charge on any atom is 0.186 e. The number of thioether (sulfide) groups is 1. The molecule has 3 aromatic rings. The zero-order valence-electron chi connectivity index (χ0n) is 11.6. The monoisotopic (exact) mass is 317 g/mol. The number of nitrogens with one attached hydrogen (secondary N) is 1. The second kappa shape index (κ2) is 4.99. The average molecular weight is 317 g/mol. The minimum absolute atomic E-state index is 0.417. The minimum Gasteiger partial charge on any atom is -0.367 e. The molecule has 0 spiro atoms. The Morgan fingerprint density at radius 2 is 2.24 bits per heavy atom. The van der Waals surface area contributed by atoms with Gasteiger partial charge in [-0.3, -0.25) is 0 Å². The predicted molar refractivity (Wildman–Crippen MR) is 88.1 cm³/mol.